The Hall–Kier alpha value is -1.07. The van der Waals surface area contributed by atoms with Crippen LogP contribution in [0, 0.1) is 0 Å². The maximum atomic E-state index is 12.3. The molecule has 0 aliphatic carbocycles. The number of carbonyl (C=O) groups is 1. The molecule has 0 N–H and O–H groups in total. The molecule has 0 spiro atoms. The van der Waals surface area contributed by atoms with E-state index < -0.39 is 0 Å². The largest absolute Gasteiger partial charge is 0.495 e. The van der Waals surface area contributed by atoms with Gasteiger partial charge in [-0.2, -0.15) is 0 Å². The normalized spacial score (nSPS) is 10.7. The average Bonchev–Trinajstić information content (AvgIpc) is 2.47. The number of carbonyl (C=O) groups excluding carboxylic acids is 1. The number of Topliss-reactive ketones (excluding diaryl/α,β-unsaturated/α-hetero) is 1. The monoisotopic (exact) mass is 343 g/mol. The average molecular weight is 344 g/mol. The fourth-order valence-corrected chi connectivity index (χ4v) is 2.72. The molecule has 0 heterocycles. The summed E-state index contributed by atoms with van der Waals surface area (Å²) >= 11 is 3.42. The summed E-state index contributed by atoms with van der Waals surface area (Å²) < 4.78 is 11.2. The fourth-order valence-electron chi connectivity index (χ4n) is 2.05. The van der Waals surface area contributed by atoms with Gasteiger partial charge in [0.05, 0.1) is 19.8 Å². The summed E-state index contributed by atoms with van der Waals surface area (Å²) in [4.78, 5) is 14.6. The van der Waals surface area contributed by atoms with Gasteiger partial charge in [-0.1, -0.05) is 13.8 Å². The summed E-state index contributed by atoms with van der Waals surface area (Å²) in [5.74, 6) is 1.27. The summed E-state index contributed by atoms with van der Waals surface area (Å²) in [6.45, 7) is 6.86. The van der Waals surface area contributed by atoms with E-state index in [2.05, 4.69) is 34.7 Å². The number of ether oxygens (including phenoxy) is 2. The summed E-state index contributed by atoms with van der Waals surface area (Å²) in [6.07, 6.45) is 0.483. The van der Waals surface area contributed by atoms with Crippen LogP contribution >= 0.6 is 15.9 Å². The van der Waals surface area contributed by atoms with Gasteiger partial charge in [0, 0.05) is 13.0 Å². The van der Waals surface area contributed by atoms with E-state index in [0.29, 0.717) is 28.0 Å². The second kappa shape index (κ2) is 8.27. The van der Waals surface area contributed by atoms with Crippen molar-refractivity contribution in [2.75, 3.05) is 33.9 Å². The molecule has 0 aliphatic rings. The van der Waals surface area contributed by atoms with E-state index >= 15 is 0 Å². The third-order valence-electron chi connectivity index (χ3n) is 3.34. The molecule has 20 heavy (non-hydrogen) atoms. The van der Waals surface area contributed by atoms with Crippen molar-refractivity contribution in [2.24, 2.45) is 0 Å². The maximum Gasteiger partial charge on any atom is 0.167 e. The van der Waals surface area contributed by atoms with Gasteiger partial charge in [-0.15, -0.1) is 0 Å². The standard InChI is InChI=1S/C15H22BrNO3/c1-5-17(6-2)10-9-12(18)11-7-8-13(19-3)14(16)15(11)20-4/h7-8H,5-6,9-10H2,1-4H3. The number of hydrogen-bond donors (Lipinski definition) is 0. The van der Waals surface area contributed by atoms with Gasteiger partial charge in [0.1, 0.15) is 16.0 Å². The highest BCUT2D eigenvalue weighted by Gasteiger charge is 2.18. The number of hydrogen-bond acceptors (Lipinski definition) is 4. The molecule has 1 aromatic rings. The predicted molar refractivity (Wildman–Crippen MR) is 84.0 cm³/mol. The Morgan fingerprint density at radius 1 is 1.20 bits per heavy atom. The quantitative estimate of drug-likeness (QED) is 0.678. The number of benzene rings is 1. The van der Waals surface area contributed by atoms with Crippen LogP contribution in [0.1, 0.15) is 30.6 Å². The highest BCUT2D eigenvalue weighted by atomic mass is 79.9. The van der Waals surface area contributed by atoms with Gasteiger partial charge in [-0.05, 0) is 41.2 Å². The Kier molecular flexibility index (Phi) is 7.02. The highest BCUT2D eigenvalue weighted by molar-refractivity contribution is 9.10. The minimum absolute atomic E-state index is 0.0807. The first-order valence-corrected chi connectivity index (χ1v) is 7.54. The minimum Gasteiger partial charge on any atom is -0.495 e. The molecule has 0 saturated carbocycles. The van der Waals surface area contributed by atoms with Gasteiger partial charge >= 0.3 is 0 Å². The maximum absolute atomic E-state index is 12.3. The molecule has 0 saturated heterocycles. The molecular formula is C15H22BrNO3. The molecule has 0 amide bonds. The molecule has 112 valence electrons. The van der Waals surface area contributed by atoms with Crippen LogP contribution in [0.15, 0.2) is 16.6 Å². The molecule has 0 aromatic heterocycles. The summed E-state index contributed by atoms with van der Waals surface area (Å²) in [5.41, 5.74) is 0.590. The van der Waals surface area contributed by atoms with Crippen molar-refractivity contribution in [3.63, 3.8) is 0 Å². The molecule has 0 radical (unpaired) electrons. The van der Waals surface area contributed by atoms with Crippen LogP contribution in [0.3, 0.4) is 0 Å². The summed E-state index contributed by atoms with van der Waals surface area (Å²) in [7, 11) is 3.14. The summed E-state index contributed by atoms with van der Waals surface area (Å²) in [6, 6.07) is 3.53. The van der Waals surface area contributed by atoms with E-state index in [1.807, 2.05) is 0 Å². The van der Waals surface area contributed by atoms with E-state index in [1.165, 1.54) is 0 Å². The number of halogens is 1. The van der Waals surface area contributed by atoms with Crippen LogP contribution in [-0.2, 0) is 0 Å². The third-order valence-corrected chi connectivity index (χ3v) is 4.09. The first-order chi connectivity index (χ1) is 9.58. The third kappa shape index (κ3) is 3.96. The van der Waals surface area contributed by atoms with Crippen LogP contribution in [0.4, 0.5) is 0 Å². The smallest absolute Gasteiger partial charge is 0.167 e. The molecule has 0 atom stereocenters. The Morgan fingerprint density at radius 3 is 2.35 bits per heavy atom. The van der Waals surface area contributed by atoms with E-state index in [0.717, 1.165) is 19.6 Å². The lowest BCUT2D eigenvalue weighted by Gasteiger charge is -2.18. The number of rotatable bonds is 8. The van der Waals surface area contributed by atoms with E-state index in [1.54, 1.807) is 26.4 Å². The first kappa shape index (κ1) is 17.0. The lowest BCUT2D eigenvalue weighted by molar-refractivity contribution is 0.0963. The van der Waals surface area contributed by atoms with Crippen molar-refractivity contribution in [3.05, 3.63) is 22.2 Å². The van der Waals surface area contributed by atoms with Crippen molar-refractivity contribution in [2.45, 2.75) is 20.3 Å². The molecule has 1 rings (SSSR count). The fraction of sp³-hybridized carbons (Fsp3) is 0.533. The SMILES string of the molecule is CCN(CC)CCC(=O)c1ccc(OC)c(Br)c1OC. The summed E-state index contributed by atoms with van der Waals surface area (Å²) in [5, 5.41) is 0. The van der Waals surface area contributed by atoms with Gasteiger partial charge < -0.3 is 14.4 Å². The molecule has 0 fully saturated rings. The Bertz CT molecular complexity index is 459. The lowest BCUT2D eigenvalue weighted by atomic mass is 10.1. The zero-order chi connectivity index (χ0) is 15.1. The molecule has 1 aromatic carbocycles. The minimum atomic E-state index is 0.0807. The number of methoxy groups -OCH3 is 2. The first-order valence-electron chi connectivity index (χ1n) is 6.74. The molecule has 0 bridgehead atoms. The van der Waals surface area contributed by atoms with Gasteiger partial charge in [0.15, 0.2) is 5.78 Å². The Balaban J connectivity index is 2.90. The Labute approximate surface area is 129 Å². The molecule has 0 unspecified atom stereocenters. The molecule has 4 nitrogen and oxygen atoms in total. The van der Waals surface area contributed by atoms with E-state index in [9.17, 15) is 4.79 Å². The predicted octanol–water partition coefficient (Wildman–Crippen LogP) is 3.38. The van der Waals surface area contributed by atoms with Crippen molar-refractivity contribution in [1.29, 1.82) is 0 Å². The van der Waals surface area contributed by atoms with Crippen LogP contribution in [0.25, 0.3) is 0 Å². The molecule has 0 aliphatic heterocycles. The topological polar surface area (TPSA) is 38.8 Å². The van der Waals surface area contributed by atoms with Gasteiger partial charge in [0.2, 0.25) is 0 Å². The molecule has 5 heteroatoms. The number of ketones is 1. The van der Waals surface area contributed by atoms with Crippen molar-refractivity contribution >= 4 is 21.7 Å². The highest BCUT2D eigenvalue weighted by Crippen LogP contribution is 2.37. The molecular weight excluding hydrogens is 322 g/mol. The second-order valence-corrected chi connectivity index (χ2v) is 5.16. The van der Waals surface area contributed by atoms with E-state index in [-0.39, 0.29) is 5.78 Å². The van der Waals surface area contributed by atoms with Crippen molar-refractivity contribution in [3.8, 4) is 11.5 Å². The van der Waals surface area contributed by atoms with Crippen LogP contribution in [-0.4, -0.2) is 44.5 Å². The van der Waals surface area contributed by atoms with Crippen LogP contribution in [0.2, 0.25) is 0 Å². The lowest BCUT2D eigenvalue weighted by Crippen LogP contribution is -2.25. The van der Waals surface area contributed by atoms with Crippen LogP contribution in [0.5, 0.6) is 11.5 Å². The zero-order valence-corrected chi connectivity index (χ0v) is 14.1. The van der Waals surface area contributed by atoms with Gasteiger partial charge in [-0.25, -0.2) is 0 Å². The number of nitrogens with zero attached hydrogens (tertiary/aromatic N) is 1. The van der Waals surface area contributed by atoms with Gasteiger partial charge in [-0.3, -0.25) is 4.79 Å². The van der Waals surface area contributed by atoms with E-state index in [4.69, 9.17) is 9.47 Å². The van der Waals surface area contributed by atoms with Gasteiger partial charge in [0.25, 0.3) is 0 Å². The second-order valence-electron chi connectivity index (χ2n) is 4.36. The van der Waals surface area contributed by atoms with Crippen LogP contribution < -0.4 is 9.47 Å². The van der Waals surface area contributed by atoms with Crippen molar-refractivity contribution < 1.29 is 14.3 Å². The zero-order valence-electron chi connectivity index (χ0n) is 12.5. The Morgan fingerprint density at radius 2 is 1.85 bits per heavy atom. The van der Waals surface area contributed by atoms with Crippen molar-refractivity contribution in [1.82, 2.24) is 4.90 Å².